The van der Waals surface area contributed by atoms with Crippen molar-refractivity contribution in [2.45, 2.75) is 13.8 Å². The molecule has 4 nitrogen and oxygen atoms in total. The minimum Gasteiger partial charge on any atom is -0.292 e. The van der Waals surface area contributed by atoms with E-state index in [2.05, 4.69) is 15.9 Å². The van der Waals surface area contributed by atoms with Crippen LogP contribution in [-0.4, -0.2) is 29.0 Å². The number of benzene rings is 1. The number of fused-ring (bicyclic) bond motifs is 1. The lowest BCUT2D eigenvalue weighted by atomic mass is 10.0. The number of ketones is 1. The number of imide groups is 1. The SMILES string of the molecule is CC1(C)C2C(=O)N(CC(=O)c3ccccc3Br)C(=O)C21. The van der Waals surface area contributed by atoms with Crippen LogP contribution in [0.4, 0.5) is 0 Å². The highest BCUT2D eigenvalue weighted by atomic mass is 79.9. The minimum absolute atomic E-state index is 0.163. The van der Waals surface area contributed by atoms with Crippen LogP contribution in [0.25, 0.3) is 0 Å². The quantitative estimate of drug-likeness (QED) is 0.629. The smallest absolute Gasteiger partial charge is 0.234 e. The van der Waals surface area contributed by atoms with Gasteiger partial charge in [-0.2, -0.15) is 0 Å². The molecule has 2 amide bonds. The summed E-state index contributed by atoms with van der Waals surface area (Å²) in [4.78, 5) is 37.7. The summed E-state index contributed by atoms with van der Waals surface area (Å²) in [6.07, 6.45) is 0. The van der Waals surface area contributed by atoms with Crippen molar-refractivity contribution in [2.75, 3.05) is 6.54 Å². The number of Topliss-reactive ketones (excluding diaryl/α,β-unsaturated/α-hetero) is 1. The number of amides is 2. The number of rotatable bonds is 3. The Balaban J connectivity index is 1.78. The van der Waals surface area contributed by atoms with Crippen molar-refractivity contribution in [2.24, 2.45) is 17.3 Å². The largest absolute Gasteiger partial charge is 0.292 e. The van der Waals surface area contributed by atoms with E-state index >= 15 is 0 Å². The average Bonchev–Trinajstić information content (AvgIpc) is 2.86. The second kappa shape index (κ2) is 4.25. The van der Waals surface area contributed by atoms with Crippen molar-refractivity contribution >= 4 is 33.5 Å². The lowest BCUT2D eigenvalue weighted by molar-refractivity contribution is -0.142. The predicted octanol–water partition coefficient (Wildman–Crippen LogP) is 2.27. The molecule has 2 unspecified atom stereocenters. The molecule has 5 heteroatoms. The molecule has 0 spiro atoms. The fourth-order valence-electron chi connectivity index (χ4n) is 3.08. The van der Waals surface area contributed by atoms with Gasteiger partial charge >= 0.3 is 0 Å². The second-order valence-electron chi connectivity index (χ2n) is 5.94. The van der Waals surface area contributed by atoms with Crippen LogP contribution in [0.2, 0.25) is 0 Å². The molecule has 0 bridgehead atoms. The Kier molecular flexibility index (Phi) is 2.87. The van der Waals surface area contributed by atoms with Gasteiger partial charge in [-0.3, -0.25) is 19.3 Å². The molecule has 0 radical (unpaired) electrons. The van der Waals surface area contributed by atoms with Crippen molar-refractivity contribution < 1.29 is 14.4 Å². The first-order valence-electron chi connectivity index (χ1n) is 6.48. The summed E-state index contributed by atoms with van der Waals surface area (Å²) < 4.78 is 0.676. The highest BCUT2D eigenvalue weighted by Gasteiger charge is 2.72. The van der Waals surface area contributed by atoms with Crippen LogP contribution < -0.4 is 0 Å². The van der Waals surface area contributed by atoms with Crippen molar-refractivity contribution in [3.8, 4) is 0 Å². The van der Waals surface area contributed by atoms with E-state index in [1.807, 2.05) is 19.9 Å². The van der Waals surface area contributed by atoms with Crippen LogP contribution in [0, 0.1) is 17.3 Å². The Morgan fingerprint density at radius 2 is 1.75 bits per heavy atom. The van der Waals surface area contributed by atoms with E-state index in [-0.39, 0.29) is 41.4 Å². The van der Waals surface area contributed by atoms with Crippen LogP contribution in [0.3, 0.4) is 0 Å². The van der Waals surface area contributed by atoms with Gasteiger partial charge in [0.05, 0.1) is 18.4 Å². The van der Waals surface area contributed by atoms with E-state index in [1.54, 1.807) is 18.2 Å². The molecule has 0 N–H and O–H groups in total. The van der Waals surface area contributed by atoms with Gasteiger partial charge in [-0.05, 0) is 11.5 Å². The molecule has 3 rings (SSSR count). The van der Waals surface area contributed by atoms with Crippen LogP contribution >= 0.6 is 15.9 Å². The Bertz CT molecular complexity index is 614. The van der Waals surface area contributed by atoms with Crippen molar-refractivity contribution in [3.63, 3.8) is 0 Å². The zero-order valence-corrected chi connectivity index (χ0v) is 12.8. The van der Waals surface area contributed by atoms with Crippen LogP contribution in [-0.2, 0) is 9.59 Å². The Morgan fingerprint density at radius 1 is 1.20 bits per heavy atom. The Morgan fingerprint density at radius 3 is 2.30 bits per heavy atom. The van der Waals surface area contributed by atoms with Gasteiger partial charge in [0.15, 0.2) is 5.78 Å². The third kappa shape index (κ3) is 1.76. The third-order valence-corrected chi connectivity index (χ3v) is 5.06. The van der Waals surface area contributed by atoms with E-state index in [4.69, 9.17) is 0 Å². The van der Waals surface area contributed by atoms with Gasteiger partial charge in [0.25, 0.3) is 0 Å². The number of halogens is 1. The molecule has 104 valence electrons. The maximum Gasteiger partial charge on any atom is 0.234 e. The summed E-state index contributed by atoms with van der Waals surface area (Å²) in [6.45, 7) is 3.68. The molecular weight excluding hydrogens is 322 g/mol. The van der Waals surface area contributed by atoms with E-state index in [9.17, 15) is 14.4 Å². The number of nitrogens with zero attached hydrogens (tertiary/aromatic N) is 1. The molecular formula is C15H14BrNO3. The number of hydrogen-bond acceptors (Lipinski definition) is 3. The standard InChI is InChI=1S/C15H14BrNO3/c1-15(2)11-12(15)14(20)17(13(11)19)7-10(18)8-5-3-4-6-9(8)16/h3-6,11-12H,7H2,1-2H3. The summed E-state index contributed by atoms with van der Waals surface area (Å²) in [6, 6.07) is 7.01. The molecule has 1 saturated heterocycles. The zero-order chi connectivity index (χ0) is 14.7. The highest BCUT2D eigenvalue weighted by molar-refractivity contribution is 9.10. The Labute approximate surface area is 125 Å². The monoisotopic (exact) mass is 335 g/mol. The summed E-state index contributed by atoms with van der Waals surface area (Å²) in [5.41, 5.74) is 0.258. The molecule has 2 aliphatic rings. The number of carbonyl (C=O) groups excluding carboxylic acids is 3. The molecule has 2 atom stereocenters. The van der Waals surface area contributed by atoms with Crippen LogP contribution in [0.5, 0.6) is 0 Å². The first-order chi connectivity index (χ1) is 9.35. The number of hydrogen-bond donors (Lipinski definition) is 0. The normalized spacial score (nSPS) is 26.6. The number of piperidine rings is 1. The van der Waals surface area contributed by atoms with Gasteiger partial charge in [-0.15, -0.1) is 0 Å². The van der Waals surface area contributed by atoms with Gasteiger partial charge in [-0.25, -0.2) is 0 Å². The molecule has 1 saturated carbocycles. The van der Waals surface area contributed by atoms with Gasteiger partial charge in [0.2, 0.25) is 11.8 Å². The zero-order valence-electron chi connectivity index (χ0n) is 11.2. The number of carbonyl (C=O) groups is 3. The van der Waals surface area contributed by atoms with Gasteiger partial charge in [-0.1, -0.05) is 48.0 Å². The molecule has 2 fully saturated rings. The first kappa shape index (κ1) is 13.5. The third-order valence-electron chi connectivity index (χ3n) is 4.37. The van der Waals surface area contributed by atoms with Crippen LogP contribution in [0.1, 0.15) is 24.2 Å². The fraction of sp³-hybridized carbons (Fsp3) is 0.400. The van der Waals surface area contributed by atoms with Gasteiger partial charge in [0, 0.05) is 10.0 Å². The molecule has 20 heavy (non-hydrogen) atoms. The summed E-state index contributed by atoms with van der Waals surface area (Å²) in [5.74, 6) is -1.10. The molecule has 1 aliphatic carbocycles. The lowest BCUT2D eigenvalue weighted by Crippen LogP contribution is -2.39. The molecule has 1 aliphatic heterocycles. The minimum atomic E-state index is -0.235. The highest BCUT2D eigenvalue weighted by Crippen LogP contribution is 2.63. The maximum atomic E-state index is 12.2. The lowest BCUT2D eigenvalue weighted by Gasteiger charge is -2.19. The molecule has 1 aromatic carbocycles. The number of likely N-dealkylation sites (tertiary alicyclic amines) is 1. The Hall–Kier alpha value is -1.49. The molecule has 1 heterocycles. The van der Waals surface area contributed by atoms with Crippen LogP contribution in [0.15, 0.2) is 28.7 Å². The fourth-order valence-corrected chi connectivity index (χ4v) is 3.58. The summed E-state index contributed by atoms with van der Waals surface area (Å²) in [7, 11) is 0. The van der Waals surface area contributed by atoms with E-state index in [0.717, 1.165) is 4.90 Å². The van der Waals surface area contributed by atoms with E-state index in [1.165, 1.54) is 0 Å². The molecule has 1 aromatic rings. The first-order valence-corrected chi connectivity index (χ1v) is 7.28. The maximum absolute atomic E-state index is 12.2. The molecule has 0 aromatic heterocycles. The van der Waals surface area contributed by atoms with Gasteiger partial charge in [0.1, 0.15) is 0 Å². The summed E-state index contributed by atoms with van der Waals surface area (Å²) >= 11 is 3.31. The van der Waals surface area contributed by atoms with Crippen molar-refractivity contribution in [1.29, 1.82) is 0 Å². The van der Waals surface area contributed by atoms with E-state index < -0.39 is 0 Å². The van der Waals surface area contributed by atoms with Gasteiger partial charge < -0.3 is 0 Å². The predicted molar refractivity (Wildman–Crippen MR) is 76.0 cm³/mol. The summed E-state index contributed by atoms with van der Waals surface area (Å²) in [5, 5.41) is 0. The topological polar surface area (TPSA) is 54.5 Å². The average molecular weight is 336 g/mol. The van der Waals surface area contributed by atoms with Crippen molar-refractivity contribution in [1.82, 2.24) is 4.90 Å². The van der Waals surface area contributed by atoms with Crippen molar-refractivity contribution in [3.05, 3.63) is 34.3 Å². The van der Waals surface area contributed by atoms with E-state index in [0.29, 0.717) is 10.0 Å². The second-order valence-corrected chi connectivity index (χ2v) is 6.80.